The van der Waals surface area contributed by atoms with E-state index in [1.165, 1.54) is 12.1 Å². The molecule has 108 valence electrons. The van der Waals surface area contributed by atoms with Gasteiger partial charge in [-0.2, -0.15) is 8.78 Å². The predicted octanol–water partition coefficient (Wildman–Crippen LogP) is 2.45. The molecular weight excluding hydrogens is 254 g/mol. The van der Waals surface area contributed by atoms with Crippen LogP contribution in [0.25, 0.3) is 0 Å². The monoisotopic (exact) mass is 274 g/mol. The largest absolute Gasteiger partial charge is 0.435 e. The van der Waals surface area contributed by atoms with Crippen molar-refractivity contribution >= 4 is 5.69 Å². The Labute approximate surface area is 111 Å². The molecule has 0 heterocycles. The summed E-state index contributed by atoms with van der Waals surface area (Å²) in [7, 11) is 1.64. The standard InChI is InChI=1S/C13H20F2N2O2/c1-18-9-11(3-2-8-16)17-10-4-6-12(7-5-10)19-13(14)15/h4-7,11,13,17H,2-3,8-9,16H2,1H3. The van der Waals surface area contributed by atoms with Gasteiger partial charge < -0.3 is 20.5 Å². The van der Waals surface area contributed by atoms with Crippen LogP contribution in [0.2, 0.25) is 0 Å². The Bertz CT molecular complexity index is 347. The summed E-state index contributed by atoms with van der Waals surface area (Å²) in [5.41, 5.74) is 6.31. The van der Waals surface area contributed by atoms with E-state index in [0.717, 1.165) is 18.5 Å². The molecule has 4 nitrogen and oxygen atoms in total. The summed E-state index contributed by atoms with van der Waals surface area (Å²) in [6.07, 6.45) is 1.78. The van der Waals surface area contributed by atoms with Crippen molar-refractivity contribution in [2.45, 2.75) is 25.5 Å². The van der Waals surface area contributed by atoms with Crippen LogP contribution in [-0.2, 0) is 4.74 Å². The Balaban J connectivity index is 2.53. The summed E-state index contributed by atoms with van der Waals surface area (Å²) in [6.45, 7) is -1.61. The van der Waals surface area contributed by atoms with Crippen LogP contribution in [0.15, 0.2) is 24.3 Å². The van der Waals surface area contributed by atoms with Crippen molar-refractivity contribution in [3.8, 4) is 5.75 Å². The molecule has 0 saturated heterocycles. The Morgan fingerprint density at radius 1 is 1.26 bits per heavy atom. The van der Waals surface area contributed by atoms with E-state index in [-0.39, 0.29) is 11.8 Å². The van der Waals surface area contributed by atoms with E-state index in [1.807, 2.05) is 0 Å². The number of rotatable bonds is 9. The third-order valence-electron chi connectivity index (χ3n) is 2.57. The van der Waals surface area contributed by atoms with Crippen molar-refractivity contribution in [2.24, 2.45) is 5.73 Å². The number of anilines is 1. The van der Waals surface area contributed by atoms with Crippen molar-refractivity contribution in [1.29, 1.82) is 0 Å². The van der Waals surface area contributed by atoms with Crippen molar-refractivity contribution in [3.05, 3.63) is 24.3 Å². The second kappa shape index (κ2) is 8.66. The van der Waals surface area contributed by atoms with Gasteiger partial charge in [0.1, 0.15) is 5.75 Å². The number of ether oxygens (including phenoxy) is 2. The summed E-state index contributed by atoms with van der Waals surface area (Å²) in [4.78, 5) is 0. The molecule has 0 radical (unpaired) electrons. The first kappa shape index (κ1) is 15.7. The average Bonchev–Trinajstić information content (AvgIpc) is 2.38. The summed E-state index contributed by atoms with van der Waals surface area (Å²) in [5, 5.41) is 3.27. The number of nitrogens with one attached hydrogen (secondary N) is 1. The molecule has 3 N–H and O–H groups in total. The fourth-order valence-electron chi connectivity index (χ4n) is 1.73. The van der Waals surface area contributed by atoms with Gasteiger partial charge in [-0.05, 0) is 43.7 Å². The van der Waals surface area contributed by atoms with Crippen molar-refractivity contribution in [3.63, 3.8) is 0 Å². The van der Waals surface area contributed by atoms with Crippen LogP contribution >= 0.6 is 0 Å². The minimum absolute atomic E-state index is 0.144. The lowest BCUT2D eigenvalue weighted by Gasteiger charge is -2.19. The van der Waals surface area contributed by atoms with Crippen molar-refractivity contribution in [1.82, 2.24) is 0 Å². The van der Waals surface area contributed by atoms with Crippen LogP contribution in [0, 0.1) is 0 Å². The Morgan fingerprint density at radius 3 is 2.47 bits per heavy atom. The predicted molar refractivity (Wildman–Crippen MR) is 70.6 cm³/mol. The number of benzene rings is 1. The maximum atomic E-state index is 12.0. The van der Waals surface area contributed by atoms with Crippen molar-refractivity contribution in [2.75, 3.05) is 25.6 Å². The van der Waals surface area contributed by atoms with Crippen LogP contribution < -0.4 is 15.8 Å². The minimum Gasteiger partial charge on any atom is -0.435 e. The molecule has 0 aliphatic carbocycles. The normalized spacial score (nSPS) is 12.5. The molecular formula is C13H20F2N2O2. The molecule has 0 aliphatic rings. The second-order valence-electron chi connectivity index (χ2n) is 4.13. The first-order valence-corrected chi connectivity index (χ1v) is 6.16. The number of nitrogens with two attached hydrogens (primary N) is 1. The Kier molecular flexibility index (Phi) is 7.14. The van der Waals surface area contributed by atoms with Gasteiger partial charge in [-0.1, -0.05) is 0 Å². The van der Waals surface area contributed by atoms with Crippen LogP contribution in [0.4, 0.5) is 14.5 Å². The molecule has 19 heavy (non-hydrogen) atoms. The maximum absolute atomic E-state index is 12.0. The topological polar surface area (TPSA) is 56.5 Å². The smallest absolute Gasteiger partial charge is 0.387 e. The molecule has 1 atom stereocenters. The first-order valence-electron chi connectivity index (χ1n) is 6.16. The van der Waals surface area contributed by atoms with Gasteiger partial charge in [-0.3, -0.25) is 0 Å². The first-order chi connectivity index (χ1) is 9.15. The van der Waals surface area contributed by atoms with E-state index in [1.54, 1.807) is 19.2 Å². The third kappa shape index (κ3) is 6.35. The lowest BCUT2D eigenvalue weighted by Crippen LogP contribution is -2.25. The zero-order valence-electron chi connectivity index (χ0n) is 10.9. The van der Waals surface area contributed by atoms with Gasteiger partial charge in [0, 0.05) is 18.8 Å². The Hall–Kier alpha value is -1.40. The van der Waals surface area contributed by atoms with E-state index in [9.17, 15) is 8.78 Å². The van der Waals surface area contributed by atoms with E-state index in [2.05, 4.69) is 10.1 Å². The van der Waals surface area contributed by atoms with Gasteiger partial charge in [0.25, 0.3) is 0 Å². The zero-order valence-corrected chi connectivity index (χ0v) is 10.9. The van der Waals surface area contributed by atoms with E-state index < -0.39 is 6.61 Å². The summed E-state index contributed by atoms with van der Waals surface area (Å²) in [6, 6.07) is 6.55. The molecule has 0 saturated carbocycles. The molecule has 1 unspecified atom stereocenters. The highest BCUT2D eigenvalue weighted by Gasteiger charge is 2.08. The summed E-state index contributed by atoms with van der Waals surface area (Å²) in [5.74, 6) is 0.144. The van der Waals surface area contributed by atoms with E-state index >= 15 is 0 Å². The molecule has 1 aromatic carbocycles. The maximum Gasteiger partial charge on any atom is 0.387 e. The minimum atomic E-state index is -2.80. The van der Waals surface area contributed by atoms with Gasteiger partial charge in [0.05, 0.1) is 6.61 Å². The van der Waals surface area contributed by atoms with Gasteiger partial charge in [-0.15, -0.1) is 0 Å². The zero-order chi connectivity index (χ0) is 14.1. The number of hydrogen-bond donors (Lipinski definition) is 2. The highest BCUT2D eigenvalue weighted by molar-refractivity contribution is 5.47. The second-order valence-corrected chi connectivity index (χ2v) is 4.13. The molecule has 0 aliphatic heterocycles. The fourth-order valence-corrected chi connectivity index (χ4v) is 1.73. The molecule has 1 aromatic rings. The molecule has 6 heteroatoms. The summed E-state index contributed by atoms with van der Waals surface area (Å²) < 4.78 is 33.4. The molecule has 0 amide bonds. The van der Waals surface area contributed by atoms with Crippen LogP contribution in [0.3, 0.4) is 0 Å². The molecule has 1 rings (SSSR count). The van der Waals surface area contributed by atoms with E-state index in [0.29, 0.717) is 13.2 Å². The highest BCUT2D eigenvalue weighted by Crippen LogP contribution is 2.19. The summed E-state index contributed by atoms with van der Waals surface area (Å²) >= 11 is 0. The fraction of sp³-hybridized carbons (Fsp3) is 0.538. The van der Waals surface area contributed by atoms with Gasteiger partial charge >= 0.3 is 6.61 Å². The molecule has 0 fully saturated rings. The van der Waals surface area contributed by atoms with Crippen LogP contribution in [-0.4, -0.2) is 32.9 Å². The quantitative estimate of drug-likeness (QED) is 0.726. The van der Waals surface area contributed by atoms with Crippen LogP contribution in [0.5, 0.6) is 5.75 Å². The van der Waals surface area contributed by atoms with Crippen molar-refractivity contribution < 1.29 is 18.3 Å². The molecule has 0 spiro atoms. The van der Waals surface area contributed by atoms with Gasteiger partial charge in [0.2, 0.25) is 0 Å². The lowest BCUT2D eigenvalue weighted by molar-refractivity contribution is -0.0498. The average molecular weight is 274 g/mol. The number of methoxy groups -OCH3 is 1. The Morgan fingerprint density at radius 2 is 1.95 bits per heavy atom. The number of alkyl halides is 2. The third-order valence-corrected chi connectivity index (χ3v) is 2.57. The van der Waals surface area contributed by atoms with E-state index in [4.69, 9.17) is 10.5 Å². The molecule has 0 bridgehead atoms. The molecule has 0 aromatic heterocycles. The van der Waals surface area contributed by atoms with Gasteiger partial charge in [-0.25, -0.2) is 0 Å². The number of hydrogen-bond acceptors (Lipinski definition) is 4. The van der Waals surface area contributed by atoms with Crippen LogP contribution in [0.1, 0.15) is 12.8 Å². The lowest BCUT2D eigenvalue weighted by atomic mass is 10.1. The SMILES string of the molecule is COCC(CCCN)Nc1ccc(OC(F)F)cc1. The van der Waals surface area contributed by atoms with Gasteiger partial charge in [0.15, 0.2) is 0 Å². The highest BCUT2D eigenvalue weighted by atomic mass is 19.3. The number of halogens is 2.